The van der Waals surface area contributed by atoms with Crippen LogP contribution in [0.25, 0.3) is 0 Å². The lowest BCUT2D eigenvalue weighted by Crippen LogP contribution is -2.35. The van der Waals surface area contributed by atoms with Crippen LogP contribution in [0.2, 0.25) is 0 Å². The van der Waals surface area contributed by atoms with E-state index in [2.05, 4.69) is 6.58 Å². The highest BCUT2D eigenvalue weighted by Crippen LogP contribution is 2.55. The van der Waals surface area contributed by atoms with E-state index in [1.165, 1.54) is 5.41 Å². The molecule has 1 unspecified atom stereocenters. The van der Waals surface area contributed by atoms with Crippen molar-refractivity contribution in [1.82, 2.24) is 0 Å². The summed E-state index contributed by atoms with van der Waals surface area (Å²) in [5.74, 6) is 0. The fourth-order valence-electron chi connectivity index (χ4n) is 2.00. The molecule has 1 aliphatic carbocycles. The zero-order chi connectivity index (χ0) is 11.3. The highest BCUT2D eigenvalue weighted by atomic mass is 32.3. The van der Waals surface area contributed by atoms with E-state index in [9.17, 15) is 13.5 Å². The van der Waals surface area contributed by atoms with Gasteiger partial charge in [-0.1, -0.05) is 18.3 Å². The Bertz CT molecular complexity index is 430. The summed E-state index contributed by atoms with van der Waals surface area (Å²) in [6.07, 6.45) is 1.11. The van der Waals surface area contributed by atoms with Crippen molar-refractivity contribution in [2.75, 3.05) is 0 Å². The molecule has 84 valence electrons. The maximum absolute atomic E-state index is 12.2. The number of hydrogen-bond acceptors (Lipinski definition) is 4. The molecule has 0 radical (unpaired) electrons. The number of aliphatic hydroxyl groups excluding tert-OH is 1. The molecule has 0 aromatic heterocycles. The average molecular weight is 246 g/mol. The third kappa shape index (κ3) is 1.48. The Morgan fingerprint density at radius 2 is 2.20 bits per heavy atom. The molecule has 1 fully saturated rings. The van der Waals surface area contributed by atoms with Crippen LogP contribution in [0, 0.1) is 0 Å². The molecule has 0 aromatic carbocycles. The Balaban J connectivity index is 2.54. The summed E-state index contributed by atoms with van der Waals surface area (Å²) >= 11 is 1.11. The van der Waals surface area contributed by atoms with Gasteiger partial charge < -0.3 is 5.11 Å². The third-order valence-corrected chi connectivity index (χ3v) is 7.37. The van der Waals surface area contributed by atoms with Gasteiger partial charge in [0.25, 0.3) is 0 Å². The van der Waals surface area contributed by atoms with Crippen LogP contribution in [0.1, 0.15) is 26.2 Å². The van der Waals surface area contributed by atoms with Gasteiger partial charge in [0.05, 0.1) is 10.9 Å². The van der Waals surface area contributed by atoms with Gasteiger partial charge in [-0.15, -0.1) is 0 Å². The summed E-state index contributed by atoms with van der Waals surface area (Å²) in [6.45, 7) is 5.21. The second kappa shape index (κ2) is 3.37. The van der Waals surface area contributed by atoms with E-state index in [0.29, 0.717) is 29.1 Å². The van der Waals surface area contributed by atoms with Crippen LogP contribution in [-0.2, 0) is 9.84 Å². The van der Waals surface area contributed by atoms with E-state index in [1.54, 1.807) is 6.92 Å². The van der Waals surface area contributed by atoms with Crippen molar-refractivity contribution in [3.8, 4) is 0 Å². The minimum absolute atomic E-state index is 0.314. The first-order valence-corrected chi connectivity index (χ1v) is 7.22. The molecule has 2 rings (SSSR count). The molecular weight excluding hydrogens is 232 g/mol. The SMILES string of the molecule is C=CSC1=C(C)C(O)CC2(CC2)S1(=O)=O. The van der Waals surface area contributed by atoms with Crippen LogP contribution in [0.3, 0.4) is 0 Å². The Kier molecular flexibility index (Phi) is 2.52. The molecule has 1 aliphatic heterocycles. The first-order chi connectivity index (χ1) is 6.94. The zero-order valence-electron chi connectivity index (χ0n) is 8.56. The maximum Gasteiger partial charge on any atom is 0.190 e. The van der Waals surface area contributed by atoms with Crippen molar-refractivity contribution in [1.29, 1.82) is 0 Å². The molecule has 0 bridgehead atoms. The number of thioether (sulfide) groups is 1. The van der Waals surface area contributed by atoms with Gasteiger partial charge in [0.15, 0.2) is 9.84 Å². The third-order valence-electron chi connectivity index (χ3n) is 3.20. The van der Waals surface area contributed by atoms with E-state index in [-0.39, 0.29) is 0 Å². The monoisotopic (exact) mass is 246 g/mol. The minimum Gasteiger partial charge on any atom is -0.389 e. The normalized spacial score (nSPS) is 31.7. The predicted octanol–water partition coefficient (Wildman–Crippen LogP) is 1.81. The minimum atomic E-state index is -3.22. The van der Waals surface area contributed by atoms with Crippen molar-refractivity contribution < 1.29 is 13.5 Å². The van der Waals surface area contributed by atoms with E-state index in [4.69, 9.17) is 0 Å². The Labute approximate surface area is 94.2 Å². The molecule has 1 saturated carbocycles. The maximum atomic E-state index is 12.2. The lowest BCUT2D eigenvalue weighted by Gasteiger charge is -2.28. The molecular formula is C10H14O3S2. The Morgan fingerprint density at radius 1 is 1.60 bits per heavy atom. The topological polar surface area (TPSA) is 54.4 Å². The van der Waals surface area contributed by atoms with Gasteiger partial charge in [0.1, 0.15) is 4.24 Å². The van der Waals surface area contributed by atoms with Gasteiger partial charge >= 0.3 is 0 Å². The van der Waals surface area contributed by atoms with Crippen LogP contribution >= 0.6 is 11.8 Å². The number of rotatable bonds is 2. The molecule has 5 heteroatoms. The average Bonchev–Trinajstić information content (AvgIpc) is 2.92. The van der Waals surface area contributed by atoms with E-state index in [1.807, 2.05) is 0 Å². The number of sulfone groups is 1. The van der Waals surface area contributed by atoms with Gasteiger partial charge in [0, 0.05) is 0 Å². The summed E-state index contributed by atoms with van der Waals surface area (Å²) < 4.78 is 24.1. The summed E-state index contributed by atoms with van der Waals surface area (Å²) in [5.41, 5.74) is 0.567. The molecule has 0 saturated heterocycles. The molecule has 1 atom stereocenters. The number of hydrogen-bond donors (Lipinski definition) is 1. The van der Waals surface area contributed by atoms with E-state index >= 15 is 0 Å². The van der Waals surface area contributed by atoms with Crippen LogP contribution in [0.4, 0.5) is 0 Å². The molecule has 1 heterocycles. The highest BCUT2D eigenvalue weighted by Gasteiger charge is 2.59. The van der Waals surface area contributed by atoms with Gasteiger partial charge in [-0.2, -0.15) is 0 Å². The zero-order valence-corrected chi connectivity index (χ0v) is 10.2. The van der Waals surface area contributed by atoms with Crippen molar-refractivity contribution >= 4 is 21.6 Å². The lowest BCUT2D eigenvalue weighted by atomic mass is 10.1. The van der Waals surface area contributed by atoms with Crippen LogP contribution < -0.4 is 0 Å². The summed E-state index contributed by atoms with van der Waals surface area (Å²) in [6, 6.07) is 0. The fraction of sp³-hybridized carbons (Fsp3) is 0.600. The number of aliphatic hydroxyl groups is 1. The van der Waals surface area contributed by atoms with Crippen molar-refractivity contribution in [2.45, 2.75) is 37.0 Å². The quantitative estimate of drug-likeness (QED) is 0.807. The van der Waals surface area contributed by atoms with Gasteiger partial charge in [-0.05, 0) is 37.2 Å². The van der Waals surface area contributed by atoms with Crippen molar-refractivity contribution in [3.05, 3.63) is 21.8 Å². The highest BCUT2D eigenvalue weighted by molar-refractivity contribution is 8.20. The second-order valence-electron chi connectivity index (χ2n) is 4.16. The summed E-state index contributed by atoms with van der Waals surface area (Å²) in [5, 5.41) is 11.3. The van der Waals surface area contributed by atoms with Gasteiger partial charge in [-0.25, -0.2) is 8.42 Å². The Hall–Kier alpha value is -0.260. The molecule has 2 aliphatic rings. The molecule has 1 spiro atoms. The first-order valence-electron chi connectivity index (χ1n) is 4.86. The van der Waals surface area contributed by atoms with Gasteiger partial charge in [0.2, 0.25) is 0 Å². The summed E-state index contributed by atoms with van der Waals surface area (Å²) in [7, 11) is -3.22. The first kappa shape index (κ1) is 11.2. The molecule has 0 amide bonds. The predicted molar refractivity (Wildman–Crippen MR) is 62.0 cm³/mol. The summed E-state index contributed by atoms with van der Waals surface area (Å²) in [4.78, 5) is 0. The molecule has 15 heavy (non-hydrogen) atoms. The van der Waals surface area contributed by atoms with Crippen molar-refractivity contribution in [3.63, 3.8) is 0 Å². The fourth-order valence-corrected chi connectivity index (χ4v) is 5.69. The molecule has 3 nitrogen and oxygen atoms in total. The van der Waals surface area contributed by atoms with Crippen LogP contribution in [0.15, 0.2) is 21.8 Å². The van der Waals surface area contributed by atoms with Crippen LogP contribution in [-0.4, -0.2) is 24.4 Å². The smallest absolute Gasteiger partial charge is 0.190 e. The molecule has 0 aromatic rings. The lowest BCUT2D eigenvalue weighted by molar-refractivity contribution is 0.193. The second-order valence-corrected chi connectivity index (χ2v) is 7.68. The largest absolute Gasteiger partial charge is 0.389 e. The standard InChI is InChI=1S/C10H14O3S2/c1-3-14-9-7(2)8(11)6-10(4-5-10)15(9,12)13/h3,8,11H,1,4-6H2,2H3. The van der Waals surface area contributed by atoms with E-state index < -0.39 is 20.7 Å². The van der Waals surface area contributed by atoms with Crippen LogP contribution in [0.5, 0.6) is 0 Å². The Morgan fingerprint density at radius 3 is 2.67 bits per heavy atom. The molecule has 1 N–H and O–H groups in total. The van der Waals surface area contributed by atoms with E-state index in [0.717, 1.165) is 11.8 Å². The van der Waals surface area contributed by atoms with Crippen molar-refractivity contribution in [2.24, 2.45) is 0 Å². The van der Waals surface area contributed by atoms with Gasteiger partial charge in [-0.3, -0.25) is 0 Å².